The summed E-state index contributed by atoms with van der Waals surface area (Å²) in [5.74, 6) is -0.679. The van der Waals surface area contributed by atoms with E-state index in [-0.39, 0.29) is 18.0 Å². The Kier molecular flexibility index (Phi) is 5.48. The first-order valence-electron chi connectivity index (χ1n) is 8.20. The largest absolute Gasteiger partial charge is 0.546 e. The highest BCUT2D eigenvalue weighted by Crippen LogP contribution is 2.32. The quantitative estimate of drug-likeness (QED) is 0.626. The number of aryl methyl sites for hydroxylation is 1. The van der Waals surface area contributed by atoms with Crippen LogP contribution < -0.4 is 14.6 Å². The number of benzene rings is 2. The SMILES string of the molecule is Cc1oc2c(OCC(=O)[O-])cccc2c1CNS(=O)(=O)Cc1ccccc1. The molecule has 0 radical (unpaired) electrons. The molecule has 7 nitrogen and oxygen atoms in total. The molecule has 3 rings (SSSR count). The Morgan fingerprint density at radius 1 is 1.15 bits per heavy atom. The van der Waals surface area contributed by atoms with E-state index >= 15 is 0 Å². The molecule has 1 heterocycles. The van der Waals surface area contributed by atoms with E-state index in [1.54, 1.807) is 49.4 Å². The monoisotopic (exact) mass is 388 g/mol. The summed E-state index contributed by atoms with van der Waals surface area (Å²) >= 11 is 0. The van der Waals surface area contributed by atoms with Gasteiger partial charge in [-0.2, -0.15) is 0 Å². The molecule has 0 atom stereocenters. The second-order valence-corrected chi connectivity index (χ2v) is 7.80. The number of para-hydroxylation sites is 1. The molecule has 0 saturated carbocycles. The van der Waals surface area contributed by atoms with Gasteiger partial charge in [-0.15, -0.1) is 0 Å². The Labute approximate surface area is 156 Å². The molecule has 1 N–H and O–H groups in total. The fourth-order valence-electron chi connectivity index (χ4n) is 2.76. The van der Waals surface area contributed by atoms with Crippen molar-refractivity contribution in [3.8, 4) is 5.75 Å². The van der Waals surface area contributed by atoms with E-state index in [1.807, 2.05) is 6.07 Å². The fraction of sp³-hybridized carbons (Fsp3) is 0.211. The summed E-state index contributed by atoms with van der Waals surface area (Å²) in [5.41, 5.74) is 1.73. The molecule has 0 aliphatic carbocycles. The maximum Gasteiger partial charge on any atom is 0.216 e. The van der Waals surface area contributed by atoms with Crippen LogP contribution >= 0.6 is 0 Å². The lowest BCUT2D eigenvalue weighted by Gasteiger charge is -2.08. The maximum absolute atomic E-state index is 12.3. The van der Waals surface area contributed by atoms with Crippen LogP contribution in [-0.2, 0) is 27.1 Å². The topological polar surface area (TPSA) is 109 Å². The van der Waals surface area contributed by atoms with Crippen molar-refractivity contribution in [2.75, 3.05) is 6.61 Å². The van der Waals surface area contributed by atoms with Crippen LogP contribution in [0.5, 0.6) is 5.75 Å². The Bertz CT molecular complexity index is 1060. The number of sulfonamides is 1. The van der Waals surface area contributed by atoms with E-state index in [1.165, 1.54) is 0 Å². The summed E-state index contributed by atoms with van der Waals surface area (Å²) < 4.78 is 38.1. The van der Waals surface area contributed by atoms with Crippen molar-refractivity contribution >= 4 is 27.0 Å². The van der Waals surface area contributed by atoms with E-state index in [0.29, 0.717) is 27.9 Å². The molecule has 0 amide bonds. The third-order valence-electron chi connectivity index (χ3n) is 4.00. The van der Waals surface area contributed by atoms with E-state index in [0.717, 1.165) is 0 Å². The van der Waals surface area contributed by atoms with Gasteiger partial charge in [0, 0.05) is 17.5 Å². The first-order chi connectivity index (χ1) is 12.9. The predicted octanol–water partition coefficient (Wildman–Crippen LogP) is 1.49. The van der Waals surface area contributed by atoms with Gasteiger partial charge in [-0.25, -0.2) is 13.1 Å². The van der Waals surface area contributed by atoms with Gasteiger partial charge in [-0.3, -0.25) is 0 Å². The van der Waals surface area contributed by atoms with Crippen LogP contribution in [0.15, 0.2) is 52.9 Å². The lowest BCUT2D eigenvalue weighted by Crippen LogP contribution is -2.28. The van der Waals surface area contributed by atoms with Gasteiger partial charge in [0.2, 0.25) is 10.0 Å². The standard InChI is InChI=1S/C19H19NO6S/c1-13-16(10-20-27(23,24)12-14-6-3-2-4-7-14)15-8-5-9-17(19(15)26-13)25-11-18(21)22/h2-9,20H,10-12H2,1H3,(H,21,22)/p-1. The summed E-state index contributed by atoms with van der Waals surface area (Å²) in [6.07, 6.45) is 0. The molecule has 27 heavy (non-hydrogen) atoms. The number of rotatable bonds is 8. The van der Waals surface area contributed by atoms with Crippen LogP contribution in [0.2, 0.25) is 0 Å². The molecular formula is C19H18NO6S-. The van der Waals surface area contributed by atoms with Crippen molar-refractivity contribution in [1.29, 1.82) is 0 Å². The summed E-state index contributed by atoms with van der Waals surface area (Å²) in [7, 11) is -3.54. The highest BCUT2D eigenvalue weighted by Gasteiger charge is 2.18. The number of hydrogen-bond acceptors (Lipinski definition) is 6. The van der Waals surface area contributed by atoms with Crippen LogP contribution in [0, 0.1) is 6.92 Å². The van der Waals surface area contributed by atoms with Crippen molar-refractivity contribution in [1.82, 2.24) is 4.72 Å². The van der Waals surface area contributed by atoms with Crippen molar-refractivity contribution in [2.45, 2.75) is 19.2 Å². The van der Waals surface area contributed by atoms with Crippen LogP contribution in [0.25, 0.3) is 11.0 Å². The maximum atomic E-state index is 12.3. The van der Waals surface area contributed by atoms with Crippen molar-refractivity contribution in [3.63, 3.8) is 0 Å². The Balaban J connectivity index is 1.80. The van der Waals surface area contributed by atoms with Gasteiger partial charge in [0.05, 0.1) is 11.7 Å². The minimum absolute atomic E-state index is 0.0535. The molecule has 142 valence electrons. The molecule has 8 heteroatoms. The Morgan fingerprint density at radius 3 is 2.59 bits per heavy atom. The molecule has 0 bridgehead atoms. The van der Waals surface area contributed by atoms with Crippen molar-refractivity contribution in [3.05, 3.63) is 65.4 Å². The van der Waals surface area contributed by atoms with Gasteiger partial charge in [0.15, 0.2) is 11.3 Å². The number of aliphatic carboxylic acids is 1. The van der Waals surface area contributed by atoms with Gasteiger partial charge < -0.3 is 19.1 Å². The zero-order valence-corrected chi connectivity index (χ0v) is 15.4. The highest BCUT2D eigenvalue weighted by molar-refractivity contribution is 7.88. The second-order valence-electron chi connectivity index (χ2n) is 6.00. The van der Waals surface area contributed by atoms with Crippen LogP contribution in [0.1, 0.15) is 16.9 Å². The second kappa shape index (κ2) is 7.81. The van der Waals surface area contributed by atoms with Gasteiger partial charge in [0.1, 0.15) is 12.4 Å². The average Bonchev–Trinajstić information content (AvgIpc) is 2.94. The molecule has 0 aliphatic rings. The number of fused-ring (bicyclic) bond motifs is 1. The first kappa shape index (κ1) is 18.9. The molecule has 1 aromatic heterocycles. The molecule has 0 spiro atoms. The lowest BCUT2D eigenvalue weighted by atomic mass is 10.1. The zero-order chi connectivity index (χ0) is 19.4. The van der Waals surface area contributed by atoms with E-state index in [2.05, 4.69) is 4.72 Å². The normalized spacial score (nSPS) is 11.6. The highest BCUT2D eigenvalue weighted by atomic mass is 32.2. The third-order valence-corrected chi connectivity index (χ3v) is 5.30. The minimum Gasteiger partial charge on any atom is -0.546 e. The number of carbonyl (C=O) groups is 1. The van der Waals surface area contributed by atoms with Crippen LogP contribution in [0.3, 0.4) is 0 Å². The van der Waals surface area contributed by atoms with E-state index in [4.69, 9.17) is 9.15 Å². The van der Waals surface area contributed by atoms with Gasteiger partial charge >= 0.3 is 0 Å². The fourth-order valence-corrected chi connectivity index (χ4v) is 3.86. The number of nitrogens with one attached hydrogen (secondary N) is 1. The molecule has 0 fully saturated rings. The predicted molar refractivity (Wildman–Crippen MR) is 97.4 cm³/mol. The number of furan rings is 1. The summed E-state index contributed by atoms with van der Waals surface area (Å²) in [6, 6.07) is 13.9. The number of carbonyl (C=O) groups excluding carboxylic acids is 1. The molecule has 0 unspecified atom stereocenters. The number of carboxylic acid groups (broad SMARTS) is 1. The Hall–Kier alpha value is -2.84. The lowest BCUT2D eigenvalue weighted by molar-refractivity contribution is -0.307. The van der Waals surface area contributed by atoms with Crippen molar-refractivity contribution in [2.24, 2.45) is 0 Å². The molecule has 3 aromatic rings. The molecule has 0 saturated heterocycles. The van der Waals surface area contributed by atoms with Gasteiger partial charge in [-0.1, -0.05) is 42.5 Å². The first-order valence-corrected chi connectivity index (χ1v) is 9.86. The molecular weight excluding hydrogens is 370 g/mol. The molecule has 2 aromatic carbocycles. The number of carboxylic acids is 1. The number of hydrogen-bond donors (Lipinski definition) is 1. The van der Waals surface area contributed by atoms with E-state index in [9.17, 15) is 18.3 Å². The Morgan fingerprint density at radius 2 is 1.89 bits per heavy atom. The minimum atomic E-state index is -3.54. The smallest absolute Gasteiger partial charge is 0.216 e. The van der Waals surface area contributed by atoms with Crippen LogP contribution in [0.4, 0.5) is 0 Å². The van der Waals surface area contributed by atoms with Crippen LogP contribution in [-0.4, -0.2) is 21.0 Å². The summed E-state index contributed by atoms with van der Waals surface area (Å²) in [4.78, 5) is 10.6. The summed E-state index contributed by atoms with van der Waals surface area (Å²) in [6.45, 7) is 1.17. The third kappa shape index (κ3) is 4.66. The average molecular weight is 388 g/mol. The summed E-state index contributed by atoms with van der Waals surface area (Å²) in [5, 5.41) is 11.3. The van der Waals surface area contributed by atoms with Crippen molar-refractivity contribution < 1.29 is 27.5 Å². The number of ether oxygens (including phenoxy) is 1. The molecule has 0 aliphatic heterocycles. The zero-order valence-electron chi connectivity index (χ0n) is 14.6. The van der Waals surface area contributed by atoms with Gasteiger partial charge in [0.25, 0.3) is 0 Å². The van der Waals surface area contributed by atoms with E-state index < -0.39 is 22.6 Å². The van der Waals surface area contributed by atoms with Gasteiger partial charge in [-0.05, 0) is 18.6 Å².